The molecule has 1 atom stereocenters. The summed E-state index contributed by atoms with van der Waals surface area (Å²) in [5, 5.41) is 14.6. The van der Waals surface area contributed by atoms with Crippen LogP contribution >= 0.6 is 0 Å². The van der Waals surface area contributed by atoms with E-state index in [1.54, 1.807) is 6.26 Å². The van der Waals surface area contributed by atoms with Gasteiger partial charge in [-0.1, -0.05) is 36.7 Å². The molecule has 2 aromatic heterocycles. The van der Waals surface area contributed by atoms with Crippen molar-refractivity contribution in [3.63, 3.8) is 0 Å². The lowest BCUT2D eigenvalue weighted by atomic mass is 10.2. The molecule has 0 spiro atoms. The highest BCUT2D eigenvalue weighted by molar-refractivity contribution is 5.91. The van der Waals surface area contributed by atoms with Gasteiger partial charge in [0.2, 0.25) is 5.82 Å². The van der Waals surface area contributed by atoms with E-state index in [0.717, 1.165) is 23.0 Å². The second kappa shape index (κ2) is 4.85. The zero-order chi connectivity index (χ0) is 13.2. The lowest BCUT2D eigenvalue weighted by molar-refractivity contribution is 0.153. The number of nitrogens with zero attached hydrogens (tertiary/aromatic N) is 2. The Morgan fingerprint density at radius 1 is 1.32 bits per heavy atom. The van der Waals surface area contributed by atoms with Crippen LogP contribution in [0.5, 0.6) is 0 Å². The van der Waals surface area contributed by atoms with E-state index in [-0.39, 0.29) is 0 Å². The zero-order valence-corrected chi connectivity index (χ0v) is 10.5. The van der Waals surface area contributed by atoms with Crippen LogP contribution in [0.4, 0.5) is 0 Å². The Hall–Kier alpha value is -2.14. The van der Waals surface area contributed by atoms with Crippen molar-refractivity contribution >= 4 is 11.0 Å². The summed E-state index contributed by atoms with van der Waals surface area (Å²) in [7, 11) is 0. The SMILES string of the molecule is CCCC(O)c1noc(-c2coc3ccccc23)n1. The van der Waals surface area contributed by atoms with Gasteiger partial charge in [0.15, 0.2) is 0 Å². The number of hydrogen-bond donors (Lipinski definition) is 1. The summed E-state index contributed by atoms with van der Waals surface area (Å²) in [6.45, 7) is 1.99. The second-order valence-electron chi connectivity index (χ2n) is 4.41. The van der Waals surface area contributed by atoms with Gasteiger partial charge in [-0.3, -0.25) is 0 Å². The summed E-state index contributed by atoms with van der Waals surface area (Å²) in [5.74, 6) is 0.692. The third-order valence-electron chi connectivity index (χ3n) is 3.01. The van der Waals surface area contributed by atoms with Crippen LogP contribution in [0.25, 0.3) is 22.4 Å². The molecule has 0 saturated carbocycles. The van der Waals surface area contributed by atoms with Crippen molar-refractivity contribution in [3.05, 3.63) is 36.4 Å². The minimum absolute atomic E-state index is 0.321. The summed E-state index contributed by atoms with van der Waals surface area (Å²) in [6.07, 6.45) is 2.39. The predicted octanol–water partition coefficient (Wildman–Crippen LogP) is 3.32. The van der Waals surface area contributed by atoms with Gasteiger partial charge in [-0.05, 0) is 12.5 Å². The fraction of sp³-hybridized carbons (Fsp3) is 0.286. The molecule has 0 amide bonds. The molecule has 5 heteroatoms. The van der Waals surface area contributed by atoms with Gasteiger partial charge in [-0.25, -0.2) is 0 Å². The van der Waals surface area contributed by atoms with E-state index < -0.39 is 6.10 Å². The van der Waals surface area contributed by atoms with Gasteiger partial charge in [0.25, 0.3) is 5.89 Å². The number of fused-ring (bicyclic) bond motifs is 1. The summed E-state index contributed by atoms with van der Waals surface area (Å²) in [6, 6.07) is 7.63. The average Bonchev–Trinajstić information content (AvgIpc) is 3.05. The zero-order valence-electron chi connectivity index (χ0n) is 10.5. The van der Waals surface area contributed by atoms with Crippen molar-refractivity contribution in [1.29, 1.82) is 0 Å². The largest absolute Gasteiger partial charge is 0.463 e. The number of para-hydroxylation sites is 1. The van der Waals surface area contributed by atoms with Crippen molar-refractivity contribution in [2.45, 2.75) is 25.9 Å². The van der Waals surface area contributed by atoms with Crippen LogP contribution in [0.1, 0.15) is 31.7 Å². The van der Waals surface area contributed by atoms with Gasteiger partial charge in [0.05, 0.1) is 5.56 Å². The molecule has 3 rings (SSSR count). The third-order valence-corrected chi connectivity index (χ3v) is 3.01. The van der Waals surface area contributed by atoms with E-state index in [9.17, 15) is 5.11 Å². The number of aliphatic hydroxyl groups is 1. The number of aromatic nitrogens is 2. The highest BCUT2D eigenvalue weighted by Gasteiger charge is 2.18. The van der Waals surface area contributed by atoms with Gasteiger partial charge in [0, 0.05) is 5.39 Å². The Morgan fingerprint density at radius 3 is 3.00 bits per heavy atom. The smallest absolute Gasteiger partial charge is 0.261 e. The molecule has 0 saturated heterocycles. The fourth-order valence-corrected chi connectivity index (χ4v) is 2.03. The minimum atomic E-state index is -0.680. The number of aliphatic hydroxyl groups excluding tert-OH is 1. The van der Waals surface area contributed by atoms with Crippen LogP contribution in [0.15, 0.2) is 39.5 Å². The van der Waals surface area contributed by atoms with Crippen molar-refractivity contribution in [2.75, 3.05) is 0 Å². The minimum Gasteiger partial charge on any atom is -0.463 e. The Balaban J connectivity index is 1.98. The first-order valence-corrected chi connectivity index (χ1v) is 6.28. The van der Waals surface area contributed by atoms with Crippen LogP contribution in [-0.2, 0) is 0 Å². The molecule has 5 nitrogen and oxygen atoms in total. The van der Waals surface area contributed by atoms with Crippen molar-refractivity contribution in [1.82, 2.24) is 10.1 Å². The van der Waals surface area contributed by atoms with Gasteiger partial charge >= 0.3 is 0 Å². The number of benzene rings is 1. The van der Waals surface area contributed by atoms with E-state index >= 15 is 0 Å². The average molecular weight is 258 g/mol. The predicted molar refractivity (Wildman–Crippen MR) is 69.4 cm³/mol. The molecule has 19 heavy (non-hydrogen) atoms. The quantitative estimate of drug-likeness (QED) is 0.777. The molecule has 0 radical (unpaired) electrons. The van der Waals surface area contributed by atoms with Gasteiger partial charge in [0.1, 0.15) is 18.0 Å². The topological polar surface area (TPSA) is 72.3 Å². The Kier molecular flexibility index (Phi) is 3.05. The van der Waals surface area contributed by atoms with Gasteiger partial charge in [-0.15, -0.1) is 0 Å². The van der Waals surface area contributed by atoms with Gasteiger partial charge < -0.3 is 14.0 Å². The first-order valence-electron chi connectivity index (χ1n) is 6.28. The first kappa shape index (κ1) is 11.9. The van der Waals surface area contributed by atoms with Crippen LogP contribution in [0.3, 0.4) is 0 Å². The molecule has 0 fully saturated rings. The highest BCUT2D eigenvalue weighted by atomic mass is 16.5. The molecule has 1 unspecified atom stereocenters. The van der Waals surface area contributed by atoms with Crippen LogP contribution in [0, 0.1) is 0 Å². The summed E-state index contributed by atoms with van der Waals surface area (Å²) in [5.41, 5.74) is 1.52. The number of hydrogen-bond acceptors (Lipinski definition) is 5. The number of rotatable bonds is 4. The number of furan rings is 1. The second-order valence-corrected chi connectivity index (χ2v) is 4.41. The molecule has 98 valence electrons. The molecule has 1 aromatic carbocycles. The molecular weight excluding hydrogens is 244 g/mol. The van der Waals surface area contributed by atoms with E-state index in [1.807, 2.05) is 31.2 Å². The van der Waals surface area contributed by atoms with E-state index in [0.29, 0.717) is 18.1 Å². The Morgan fingerprint density at radius 2 is 2.16 bits per heavy atom. The molecule has 1 N–H and O–H groups in total. The lowest BCUT2D eigenvalue weighted by Crippen LogP contribution is -1.98. The molecule has 2 heterocycles. The maximum absolute atomic E-state index is 9.84. The summed E-state index contributed by atoms with van der Waals surface area (Å²) >= 11 is 0. The van der Waals surface area contributed by atoms with Gasteiger partial charge in [-0.2, -0.15) is 4.98 Å². The van der Waals surface area contributed by atoms with Crippen LogP contribution in [-0.4, -0.2) is 15.2 Å². The Bertz CT molecular complexity index is 687. The summed E-state index contributed by atoms with van der Waals surface area (Å²) < 4.78 is 10.6. The van der Waals surface area contributed by atoms with E-state index in [1.165, 1.54) is 0 Å². The van der Waals surface area contributed by atoms with Crippen LogP contribution in [0.2, 0.25) is 0 Å². The molecular formula is C14H14N2O3. The van der Waals surface area contributed by atoms with Crippen molar-refractivity contribution in [3.8, 4) is 11.5 Å². The van der Waals surface area contributed by atoms with Crippen molar-refractivity contribution < 1.29 is 14.0 Å². The normalized spacial score (nSPS) is 12.9. The Labute approximate surface area is 109 Å². The summed E-state index contributed by atoms with van der Waals surface area (Å²) in [4.78, 5) is 4.23. The first-order chi connectivity index (χ1) is 9.29. The maximum atomic E-state index is 9.84. The molecule has 0 bridgehead atoms. The fourth-order valence-electron chi connectivity index (χ4n) is 2.03. The molecule has 3 aromatic rings. The van der Waals surface area contributed by atoms with Crippen molar-refractivity contribution in [2.24, 2.45) is 0 Å². The van der Waals surface area contributed by atoms with E-state index in [4.69, 9.17) is 8.94 Å². The third kappa shape index (κ3) is 2.13. The highest BCUT2D eigenvalue weighted by Crippen LogP contribution is 2.30. The standard InChI is InChI=1S/C14H14N2O3/c1-2-5-11(17)13-15-14(19-16-13)10-8-18-12-7-4-3-6-9(10)12/h3-4,6-8,11,17H,2,5H2,1H3. The molecule has 0 aliphatic heterocycles. The lowest BCUT2D eigenvalue weighted by Gasteiger charge is -2.01. The maximum Gasteiger partial charge on any atom is 0.261 e. The monoisotopic (exact) mass is 258 g/mol. The molecule has 0 aliphatic rings. The van der Waals surface area contributed by atoms with Crippen LogP contribution < -0.4 is 0 Å². The van der Waals surface area contributed by atoms with E-state index in [2.05, 4.69) is 10.1 Å². The molecule has 0 aliphatic carbocycles.